The Kier molecular flexibility index (Phi) is 18.9. The fourth-order valence-corrected chi connectivity index (χ4v) is 3.22. The van der Waals surface area contributed by atoms with Crippen LogP contribution in [0, 0.1) is 0 Å². The summed E-state index contributed by atoms with van der Waals surface area (Å²) in [5.41, 5.74) is 5.79. The van der Waals surface area contributed by atoms with Gasteiger partial charge in [0.2, 0.25) is 0 Å². The molecular weight excluding hydrogens is 384 g/mol. The smallest absolute Gasteiger partial charge is 0.306 e. The van der Waals surface area contributed by atoms with Gasteiger partial charge >= 0.3 is 11.9 Å². The Morgan fingerprint density at radius 3 is 1.33 bits per heavy atom. The van der Waals surface area contributed by atoms with Crippen LogP contribution in [0.2, 0.25) is 0 Å². The van der Waals surface area contributed by atoms with Crippen LogP contribution in [-0.4, -0.2) is 106 Å². The van der Waals surface area contributed by atoms with E-state index in [0.717, 1.165) is 58.7 Å². The Labute approximate surface area is 184 Å². The minimum Gasteiger partial charge on any atom is -0.469 e. The molecule has 0 rings (SSSR count). The minimum absolute atomic E-state index is 0.228. The lowest BCUT2D eigenvalue weighted by molar-refractivity contribution is -0.141. The highest BCUT2D eigenvalue weighted by molar-refractivity contribution is 5.70. The number of methoxy groups -OCH3 is 2. The van der Waals surface area contributed by atoms with Crippen molar-refractivity contribution in [3.8, 4) is 0 Å². The van der Waals surface area contributed by atoms with Crippen molar-refractivity contribution in [2.24, 2.45) is 5.73 Å². The quantitative estimate of drug-likeness (QED) is 0.291. The molecule has 8 heteroatoms. The van der Waals surface area contributed by atoms with Crippen molar-refractivity contribution in [1.29, 1.82) is 0 Å². The fraction of sp³-hybridized carbons (Fsp3) is 0.909. The van der Waals surface area contributed by atoms with Crippen LogP contribution in [0.1, 0.15) is 52.4 Å². The molecule has 0 saturated carbocycles. The van der Waals surface area contributed by atoms with Crippen LogP contribution in [0.15, 0.2) is 0 Å². The summed E-state index contributed by atoms with van der Waals surface area (Å²) < 4.78 is 9.53. The molecule has 0 aliphatic heterocycles. The molecule has 0 bridgehead atoms. The third-order valence-corrected chi connectivity index (χ3v) is 5.29. The van der Waals surface area contributed by atoms with Crippen molar-refractivity contribution in [3.05, 3.63) is 0 Å². The van der Waals surface area contributed by atoms with Crippen LogP contribution in [0.4, 0.5) is 0 Å². The van der Waals surface area contributed by atoms with E-state index in [2.05, 4.69) is 28.5 Å². The van der Waals surface area contributed by atoms with Crippen molar-refractivity contribution in [1.82, 2.24) is 14.7 Å². The second-order valence-electron chi connectivity index (χ2n) is 7.67. The number of esters is 2. The largest absolute Gasteiger partial charge is 0.469 e. The summed E-state index contributed by atoms with van der Waals surface area (Å²) >= 11 is 0. The molecule has 0 aromatic rings. The van der Waals surface area contributed by atoms with Gasteiger partial charge in [-0.15, -0.1) is 0 Å². The Balaban J connectivity index is 4.74. The highest BCUT2D eigenvalue weighted by Gasteiger charge is 2.14. The van der Waals surface area contributed by atoms with Crippen molar-refractivity contribution in [2.45, 2.75) is 52.4 Å². The normalized spacial score (nSPS) is 11.5. The maximum Gasteiger partial charge on any atom is 0.306 e. The molecule has 0 radical (unpaired) electrons. The maximum atomic E-state index is 11.5. The molecule has 0 fully saturated rings. The van der Waals surface area contributed by atoms with Crippen molar-refractivity contribution >= 4 is 11.9 Å². The predicted molar refractivity (Wildman–Crippen MR) is 121 cm³/mol. The number of carbonyl (C=O) groups is 2. The van der Waals surface area contributed by atoms with E-state index in [9.17, 15) is 9.59 Å². The van der Waals surface area contributed by atoms with E-state index in [0.29, 0.717) is 32.5 Å². The summed E-state index contributed by atoms with van der Waals surface area (Å²) in [6, 6.07) is 0. The molecule has 0 aromatic carbocycles. The first-order valence-electron chi connectivity index (χ1n) is 11.5. The molecule has 2 N–H and O–H groups in total. The van der Waals surface area contributed by atoms with Gasteiger partial charge < -0.3 is 29.9 Å². The van der Waals surface area contributed by atoms with Gasteiger partial charge in [0, 0.05) is 52.4 Å². The Bertz CT molecular complexity index is 417. The number of hydrogen-bond donors (Lipinski definition) is 1. The van der Waals surface area contributed by atoms with Crippen molar-refractivity contribution in [2.75, 3.05) is 79.7 Å². The molecular formula is C22H46N4O4. The molecule has 0 spiro atoms. The number of ether oxygens (including phenoxy) is 2. The van der Waals surface area contributed by atoms with Crippen LogP contribution in [0.3, 0.4) is 0 Å². The molecule has 178 valence electrons. The SMILES string of the molecule is CCCCN(CCN)CCN(CCCC)CCN(CCC(=O)OC)CCC(=O)OC. The second-order valence-corrected chi connectivity index (χ2v) is 7.67. The molecule has 8 nitrogen and oxygen atoms in total. The zero-order valence-corrected chi connectivity index (χ0v) is 19.9. The molecule has 0 atom stereocenters. The molecule has 0 aliphatic rings. The van der Waals surface area contributed by atoms with E-state index in [1.54, 1.807) is 0 Å². The van der Waals surface area contributed by atoms with Crippen LogP contribution in [0.5, 0.6) is 0 Å². The fourth-order valence-electron chi connectivity index (χ4n) is 3.22. The zero-order valence-electron chi connectivity index (χ0n) is 19.9. The van der Waals surface area contributed by atoms with Gasteiger partial charge in [-0.3, -0.25) is 9.59 Å². The van der Waals surface area contributed by atoms with Gasteiger partial charge in [-0.1, -0.05) is 26.7 Å². The second kappa shape index (κ2) is 19.7. The first-order chi connectivity index (χ1) is 14.5. The van der Waals surface area contributed by atoms with E-state index < -0.39 is 0 Å². The molecule has 0 aromatic heterocycles. The predicted octanol–water partition coefficient (Wildman–Crippen LogP) is 1.58. The van der Waals surface area contributed by atoms with E-state index in [4.69, 9.17) is 15.2 Å². The number of carbonyl (C=O) groups excluding carboxylic acids is 2. The molecule has 30 heavy (non-hydrogen) atoms. The first kappa shape index (κ1) is 28.8. The van der Waals surface area contributed by atoms with Gasteiger partial charge in [0.05, 0.1) is 27.1 Å². The highest BCUT2D eigenvalue weighted by atomic mass is 16.5. The van der Waals surface area contributed by atoms with Gasteiger partial charge in [0.1, 0.15) is 0 Å². The number of hydrogen-bond acceptors (Lipinski definition) is 8. The monoisotopic (exact) mass is 430 g/mol. The van der Waals surface area contributed by atoms with E-state index in [1.807, 2.05) is 0 Å². The number of nitrogens with two attached hydrogens (primary N) is 1. The Morgan fingerprint density at radius 2 is 1.00 bits per heavy atom. The lowest BCUT2D eigenvalue weighted by atomic mass is 10.2. The van der Waals surface area contributed by atoms with Gasteiger partial charge in [-0.05, 0) is 25.9 Å². The van der Waals surface area contributed by atoms with E-state index >= 15 is 0 Å². The molecule has 0 aliphatic carbocycles. The minimum atomic E-state index is -0.228. The third-order valence-electron chi connectivity index (χ3n) is 5.29. The lowest BCUT2D eigenvalue weighted by Crippen LogP contribution is -2.42. The standard InChI is InChI=1S/C22H46N4O4/c1-5-7-12-24(16-11-23)17-18-25(13-8-6-2)19-20-26(14-9-21(27)29-3)15-10-22(28)30-4/h5-20,23H2,1-4H3. The summed E-state index contributed by atoms with van der Waals surface area (Å²) in [7, 11) is 2.80. The number of rotatable bonds is 20. The average Bonchev–Trinajstić information content (AvgIpc) is 2.76. The van der Waals surface area contributed by atoms with Crippen LogP contribution < -0.4 is 5.73 Å². The average molecular weight is 431 g/mol. The zero-order chi connectivity index (χ0) is 22.6. The van der Waals surface area contributed by atoms with Gasteiger partial charge in [-0.25, -0.2) is 0 Å². The Morgan fingerprint density at radius 1 is 0.633 bits per heavy atom. The summed E-state index contributed by atoms with van der Waals surface area (Å²) in [5, 5.41) is 0. The summed E-state index contributed by atoms with van der Waals surface area (Å²) in [4.78, 5) is 30.2. The molecule has 0 heterocycles. The summed E-state index contributed by atoms with van der Waals surface area (Å²) in [6.07, 6.45) is 5.37. The lowest BCUT2D eigenvalue weighted by Gasteiger charge is -2.30. The van der Waals surface area contributed by atoms with Gasteiger partial charge in [-0.2, -0.15) is 0 Å². The van der Waals surface area contributed by atoms with Crippen molar-refractivity contribution < 1.29 is 19.1 Å². The van der Waals surface area contributed by atoms with Crippen LogP contribution >= 0.6 is 0 Å². The maximum absolute atomic E-state index is 11.5. The molecule has 0 amide bonds. The van der Waals surface area contributed by atoms with E-state index in [-0.39, 0.29) is 11.9 Å². The summed E-state index contributed by atoms with van der Waals surface area (Å²) in [5.74, 6) is -0.455. The third kappa shape index (κ3) is 15.6. The molecule has 0 saturated heterocycles. The van der Waals surface area contributed by atoms with E-state index in [1.165, 1.54) is 27.1 Å². The van der Waals surface area contributed by atoms with Crippen LogP contribution in [0.25, 0.3) is 0 Å². The highest BCUT2D eigenvalue weighted by Crippen LogP contribution is 2.03. The van der Waals surface area contributed by atoms with Gasteiger partial charge in [0.15, 0.2) is 0 Å². The topological polar surface area (TPSA) is 88.3 Å². The van der Waals surface area contributed by atoms with Crippen LogP contribution in [-0.2, 0) is 19.1 Å². The number of unbranched alkanes of at least 4 members (excludes halogenated alkanes) is 2. The Hall–Kier alpha value is -1.22. The van der Waals surface area contributed by atoms with Gasteiger partial charge in [0.25, 0.3) is 0 Å². The van der Waals surface area contributed by atoms with Crippen molar-refractivity contribution in [3.63, 3.8) is 0 Å². The summed E-state index contributed by atoms with van der Waals surface area (Å²) in [6.45, 7) is 13.1. The molecule has 0 unspecified atom stereocenters. The first-order valence-corrected chi connectivity index (χ1v) is 11.5. The number of nitrogens with zero attached hydrogens (tertiary/aromatic N) is 3.